The maximum Gasteiger partial charge on any atom is 0.218 e. The second-order valence-electron chi connectivity index (χ2n) is 5.78. The van der Waals surface area contributed by atoms with E-state index in [2.05, 4.69) is 5.10 Å². The monoisotopic (exact) mass is 323 g/mol. The third-order valence-corrected chi connectivity index (χ3v) is 3.93. The van der Waals surface area contributed by atoms with Crippen LogP contribution in [0.15, 0.2) is 48.7 Å². The Morgan fingerprint density at radius 2 is 1.79 bits per heavy atom. The van der Waals surface area contributed by atoms with Gasteiger partial charge >= 0.3 is 0 Å². The van der Waals surface area contributed by atoms with Gasteiger partial charge in [0.05, 0.1) is 17.1 Å². The SMILES string of the molecule is Cc1ccc(-c2cc(F)ccc2N(C=O)c2cn(C)nc2C)cc1. The minimum absolute atomic E-state index is 0.344. The minimum atomic E-state index is -0.344. The average molecular weight is 323 g/mol. The van der Waals surface area contributed by atoms with Crippen LogP contribution in [0.1, 0.15) is 11.3 Å². The smallest absolute Gasteiger partial charge is 0.218 e. The Hall–Kier alpha value is -2.95. The van der Waals surface area contributed by atoms with Crippen LogP contribution in [0, 0.1) is 19.7 Å². The number of rotatable bonds is 4. The molecule has 1 amide bonds. The molecule has 0 bridgehead atoms. The number of hydrogen-bond donors (Lipinski definition) is 0. The van der Waals surface area contributed by atoms with Crippen molar-refractivity contribution in [3.63, 3.8) is 0 Å². The predicted molar refractivity (Wildman–Crippen MR) is 92.7 cm³/mol. The van der Waals surface area contributed by atoms with Crippen molar-refractivity contribution in [2.45, 2.75) is 13.8 Å². The fraction of sp³-hybridized carbons (Fsp3) is 0.158. The summed E-state index contributed by atoms with van der Waals surface area (Å²) in [6.45, 7) is 3.83. The van der Waals surface area contributed by atoms with Crippen molar-refractivity contribution in [2.75, 3.05) is 4.90 Å². The number of carbonyl (C=O) groups is 1. The van der Waals surface area contributed by atoms with Gasteiger partial charge in [-0.2, -0.15) is 5.10 Å². The number of hydrogen-bond acceptors (Lipinski definition) is 2. The van der Waals surface area contributed by atoms with Gasteiger partial charge in [-0.25, -0.2) is 4.39 Å². The Bertz CT molecular complexity index is 884. The van der Waals surface area contributed by atoms with Crippen LogP contribution in [0.4, 0.5) is 15.8 Å². The van der Waals surface area contributed by atoms with Crippen molar-refractivity contribution < 1.29 is 9.18 Å². The molecule has 24 heavy (non-hydrogen) atoms. The molecule has 0 N–H and O–H groups in total. The molecule has 3 aromatic rings. The standard InChI is InChI=1S/C19H18FN3O/c1-13-4-6-15(7-5-13)17-10-16(20)8-9-18(17)23(12-24)19-11-22(3)21-14(19)2/h4-12H,1-3H3. The van der Waals surface area contributed by atoms with Gasteiger partial charge in [0.1, 0.15) is 5.82 Å². The van der Waals surface area contributed by atoms with E-state index in [-0.39, 0.29) is 5.82 Å². The molecule has 4 nitrogen and oxygen atoms in total. The van der Waals surface area contributed by atoms with Crippen LogP contribution in [0.2, 0.25) is 0 Å². The first-order valence-corrected chi connectivity index (χ1v) is 7.61. The van der Waals surface area contributed by atoms with Gasteiger partial charge in [0.25, 0.3) is 0 Å². The Morgan fingerprint density at radius 3 is 2.38 bits per heavy atom. The van der Waals surface area contributed by atoms with Gasteiger partial charge in [0, 0.05) is 18.8 Å². The zero-order chi connectivity index (χ0) is 17.3. The molecule has 1 aromatic heterocycles. The van der Waals surface area contributed by atoms with Crippen LogP contribution < -0.4 is 4.90 Å². The molecule has 122 valence electrons. The lowest BCUT2D eigenvalue weighted by molar-refractivity contribution is -0.106. The van der Waals surface area contributed by atoms with Gasteiger partial charge in [-0.1, -0.05) is 29.8 Å². The summed E-state index contributed by atoms with van der Waals surface area (Å²) in [5, 5.41) is 4.28. The van der Waals surface area contributed by atoms with Crippen molar-refractivity contribution in [3.05, 3.63) is 65.7 Å². The lowest BCUT2D eigenvalue weighted by Gasteiger charge is -2.20. The van der Waals surface area contributed by atoms with Crippen LogP contribution in [-0.2, 0) is 11.8 Å². The third kappa shape index (κ3) is 2.93. The summed E-state index contributed by atoms with van der Waals surface area (Å²) in [5.74, 6) is -0.344. The Labute approximate surface area is 140 Å². The van der Waals surface area contributed by atoms with Crippen LogP contribution in [-0.4, -0.2) is 16.2 Å². The van der Waals surface area contributed by atoms with E-state index >= 15 is 0 Å². The Balaban J connectivity index is 2.18. The van der Waals surface area contributed by atoms with E-state index in [0.717, 1.165) is 23.2 Å². The summed E-state index contributed by atoms with van der Waals surface area (Å²) < 4.78 is 15.5. The van der Waals surface area contributed by atoms with Crippen molar-refractivity contribution >= 4 is 17.8 Å². The van der Waals surface area contributed by atoms with Gasteiger partial charge in [-0.15, -0.1) is 0 Å². The van der Waals surface area contributed by atoms with Gasteiger partial charge in [0.2, 0.25) is 6.41 Å². The summed E-state index contributed by atoms with van der Waals surface area (Å²) in [6.07, 6.45) is 2.50. The number of aromatic nitrogens is 2. The quantitative estimate of drug-likeness (QED) is 0.677. The van der Waals surface area contributed by atoms with E-state index in [0.29, 0.717) is 16.9 Å². The number of benzene rings is 2. The lowest BCUT2D eigenvalue weighted by Crippen LogP contribution is -2.15. The van der Waals surface area contributed by atoms with Gasteiger partial charge in [-0.3, -0.25) is 14.4 Å². The van der Waals surface area contributed by atoms with E-state index in [1.807, 2.05) is 38.1 Å². The Kier molecular flexibility index (Phi) is 4.16. The normalized spacial score (nSPS) is 10.7. The molecule has 0 aliphatic rings. The summed E-state index contributed by atoms with van der Waals surface area (Å²) >= 11 is 0. The lowest BCUT2D eigenvalue weighted by atomic mass is 10.0. The van der Waals surface area contributed by atoms with Crippen molar-refractivity contribution in [1.82, 2.24) is 9.78 Å². The number of amides is 1. The fourth-order valence-electron chi connectivity index (χ4n) is 2.75. The van der Waals surface area contributed by atoms with E-state index in [4.69, 9.17) is 0 Å². The van der Waals surface area contributed by atoms with Crippen LogP contribution in [0.5, 0.6) is 0 Å². The molecule has 0 saturated heterocycles. The minimum Gasteiger partial charge on any atom is -0.280 e. The number of nitrogens with zero attached hydrogens (tertiary/aromatic N) is 3. The van der Waals surface area contributed by atoms with E-state index < -0.39 is 0 Å². The maximum atomic E-state index is 13.8. The highest BCUT2D eigenvalue weighted by molar-refractivity contribution is 5.94. The van der Waals surface area contributed by atoms with Crippen LogP contribution >= 0.6 is 0 Å². The fourth-order valence-corrected chi connectivity index (χ4v) is 2.75. The molecule has 5 heteroatoms. The van der Waals surface area contributed by atoms with E-state index in [9.17, 15) is 9.18 Å². The first-order chi connectivity index (χ1) is 11.5. The largest absolute Gasteiger partial charge is 0.280 e. The molecule has 1 heterocycles. The molecule has 0 spiro atoms. The van der Waals surface area contributed by atoms with Crippen LogP contribution in [0.3, 0.4) is 0 Å². The zero-order valence-electron chi connectivity index (χ0n) is 13.8. The van der Waals surface area contributed by atoms with Crippen LogP contribution in [0.25, 0.3) is 11.1 Å². The molecule has 2 aromatic carbocycles. The molecule has 0 unspecified atom stereocenters. The Morgan fingerprint density at radius 1 is 1.08 bits per heavy atom. The second-order valence-corrected chi connectivity index (χ2v) is 5.78. The molecule has 0 saturated carbocycles. The zero-order valence-corrected chi connectivity index (χ0v) is 13.8. The summed E-state index contributed by atoms with van der Waals surface area (Å²) in [6, 6.07) is 12.2. The van der Waals surface area contributed by atoms with E-state index in [1.54, 1.807) is 24.0 Å². The number of anilines is 2. The molecule has 0 aliphatic carbocycles. The average Bonchev–Trinajstić information content (AvgIpc) is 2.89. The first-order valence-electron chi connectivity index (χ1n) is 7.61. The van der Waals surface area contributed by atoms with Crippen molar-refractivity contribution in [2.24, 2.45) is 7.05 Å². The molecular formula is C19H18FN3O. The highest BCUT2D eigenvalue weighted by Gasteiger charge is 2.18. The highest BCUT2D eigenvalue weighted by atomic mass is 19.1. The number of halogens is 1. The molecule has 0 radical (unpaired) electrons. The van der Waals surface area contributed by atoms with Crippen molar-refractivity contribution in [3.8, 4) is 11.1 Å². The molecule has 0 aliphatic heterocycles. The second kappa shape index (κ2) is 6.28. The molecule has 0 atom stereocenters. The highest BCUT2D eigenvalue weighted by Crippen LogP contribution is 2.36. The van der Waals surface area contributed by atoms with Gasteiger partial charge in [0.15, 0.2) is 0 Å². The first kappa shape index (κ1) is 15.9. The topological polar surface area (TPSA) is 38.1 Å². The van der Waals surface area contributed by atoms with Crippen molar-refractivity contribution in [1.29, 1.82) is 0 Å². The molecule has 3 rings (SSSR count). The third-order valence-electron chi connectivity index (χ3n) is 3.93. The molecule has 0 fully saturated rings. The maximum absolute atomic E-state index is 13.8. The predicted octanol–water partition coefficient (Wildman–Crippen LogP) is 4.14. The number of aryl methyl sites for hydroxylation is 3. The summed E-state index contributed by atoms with van der Waals surface area (Å²) in [7, 11) is 1.80. The number of carbonyl (C=O) groups excluding carboxylic acids is 1. The van der Waals surface area contributed by atoms with Gasteiger partial charge in [-0.05, 0) is 37.6 Å². The summed E-state index contributed by atoms with van der Waals surface area (Å²) in [4.78, 5) is 13.3. The molecular weight excluding hydrogens is 305 g/mol. The summed E-state index contributed by atoms with van der Waals surface area (Å²) in [5.41, 5.74) is 4.64. The van der Waals surface area contributed by atoms with Gasteiger partial charge < -0.3 is 0 Å². The van der Waals surface area contributed by atoms with E-state index in [1.165, 1.54) is 17.0 Å².